The Balaban J connectivity index is 2.28. The average molecular weight is 221 g/mol. The van der Waals surface area contributed by atoms with Crippen LogP contribution in [0.2, 0.25) is 0 Å². The Morgan fingerprint density at radius 3 is 2.69 bits per heavy atom. The molecule has 1 heterocycles. The second kappa shape index (κ2) is 3.94. The van der Waals surface area contributed by atoms with E-state index in [-0.39, 0.29) is 5.90 Å². The maximum absolute atomic E-state index is 11.4. The van der Waals surface area contributed by atoms with E-state index in [1.165, 1.54) is 14.0 Å². The molecular formula is C11H11NO4. The van der Waals surface area contributed by atoms with Crippen molar-refractivity contribution in [1.29, 1.82) is 0 Å². The smallest absolute Gasteiger partial charge is 0.365 e. The number of carbonyl (C=O) groups excluding carboxylic acids is 1. The summed E-state index contributed by atoms with van der Waals surface area (Å²) in [5.41, 5.74) is -0.671. The van der Waals surface area contributed by atoms with E-state index in [1.807, 2.05) is 30.3 Å². The van der Waals surface area contributed by atoms with Crippen molar-refractivity contribution >= 4 is 11.9 Å². The van der Waals surface area contributed by atoms with Crippen LogP contribution in [-0.4, -0.2) is 24.7 Å². The molecule has 1 aromatic carbocycles. The van der Waals surface area contributed by atoms with Crippen LogP contribution in [0.25, 0.3) is 0 Å². The van der Waals surface area contributed by atoms with E-state index in [1.54, 1.807) is 0 Å². The summed E-state index contributed by atoms with van der Waals surface area (Å²) in [6.45, 7) is 1.48. The van der Waals surface area contributed by atoms with Gasteiger partial charge in [-0.2, -0.15) is 4.99 Å². The minimum absolute atomic E-state index is 0.272. The number of hydrogen-bond donors (Lipinski definition) is 0. The third-order valence-corrected chi connectivity index (χ3v) is 2.18. The zero-order chi connectivity index (χ0) is 11.6. The zero-order valence-corrected chi connectivity index (χ0v) is 8.97. The van der Waals surface area contributed by atoms with Gasteiger partial charge in [-0.3, -0.25) is 0 Å². The minimum atomic E-state index is -1.42. The molecule has 2 rings (SSSR count). The fraction of sp³-hybridized carbons (Fsp3) is 0.273. The standard InChI is InChI=1S/C11H11NO4/c1-11(10(13)14-2)12-9(15-16-11)8-6-4-3-5-7-8/h3-7H,1-2H3. The highest BCUT2D eigenvalue weighted by Gasteiger charge is 2.43. The molecule has 5 heteroatoms. The third-order valence-electron chi connectivity index (χ3n) is 2.18. The third kappa shape index (κ3) is 1.77. The molecule has 5 nitrogen and oxygen atoms in total. The number of nitrogens with zero attached hydrogens (tertiary/aromatic N) is 1. The Hall–Kier alpha value is -1.88. The molecule has 0 amide bonds. The van der Waals surface area contributed by atoms with Gasteiger partial charge in [-0.1, -0.05) is 18.2 Å². The first-order valence-corrected chi connectivity index (χ1v) is 4.75. The molecule has 0 saturated carbocycles. The van der Waals surface area contributed by atoms with Gasteiger partial charge in [0.05, 0.1) is 7.11 Å². The molecular weight excluding hydrogens is 210 g/mol. The van der Waals surface area contributed by atoms with Crippen LogP contribution in [0.1, 0.15) is 12.5 Å². The molecule has 84 valence electrons. The normalized spacial score (nSPS) is 23.5. The van der Waals surface area contributed by atoms with Crippen LogP contribution in [0.5, 0.6) is 0 Å². The molecule has 1 unspecified atom stereocenters. The Morgan fingerprint density at radius 2 is 2.06 bits per heavy atom. The number of esters is 1. The summed E-state index contributed by atoms with van der Waals surface area (Å²) >= 11 is 0. The summed E-state index contributed by atoms with van der Waals surface area (Å²) in [5.74, 6) is -0.327. The van der Waals surface area contributed by atoms with E-state index in [2.05, 4.69) is 9.73 Å². The first-order chi connectivity index (χ1) is 7.65. The molecule has 0 aliphatic carbocycles. The van der Waals surface area contributed by atoms with Crippen LogP contribution in [0.15, 0.2) is 35.3 Å². The van der Waals surface area contributed by atoms with Gasteiger partial charge in [-0.25, -0.2) is 4.79 Å². The molecule has 0 N–H and O–H groups in total. The summed E-state index contributed by atoms with van der Waals surface area (Å²) in [4.78, 5) is 25.2. The Kier molecular flexibility index (Phi) is 2.62. The lowest BCUT2D eigenvalue weighted by Gasteiger charge is -2.12. The van der Waals surface area contributed by atoms with Crippen LogP contribution in [0.4, 0.5) is 0 Å². The van der Waals surface area contributed by atoms with Gasteiger partial charge >= 0.3 is 11.7 Å². The molecule has 0 radical (unpaired) electrons. The maximum atomic E-state index is 11.4. The number of methoxy groups -OCH3 is 1. The van der Waals surface area contributed by atoms with E-state index < -0.39 is 11.7 Å². The van der Waals surface area contributed by atoms with Crippen molar-refractivity contribution in [2.75, 3.05) is 7.11 Å². The summed E-state index contributed by atoms with van der Waals surface area (Å²) in [7, 11) is 1.27. The Morgan fingerprint density at radius 1 is 1.38 bits per heavy atom. The van der Waals surface area contributed by atoms with Crippen molar-refractivity contribution in [3.63, 3.8) is 0 Å². The highest BCUT2D eigenvalue weighted by Crippen LogP contribution is 2.24. The van der Waals surface area contributed by atoms with Crippen LogP contribution in [0, 0.1) is 0 Å². The maximum Gasteiger partial charge on any atom is 0.365 e. The van der Waals surface area contributed by atoms with Crippen molar-refractivity contribution < 1.29 is 19.3 Å². The highest BCUT2D eigenvalue weighted by molar-refractivity contribution is 5.97. The van der Waals surface area contributed by atoms with Gasteiger partial charge in [0.1, 0.15) is 0 Å². The quantitative estimate of drug-likeness (QED) is 0.557. The average Bonchev–Trinajstić information content (AvgIpc) is 2.73. The van der Waals surface area contributed by atoms with Crippen LogP contribution in [-0.2, 0) is 19.3 Å². The predicted octanol–water partition coefficient (Wildman–Crippen LogP) is 1.28. The van der Waals surface area contributed by atoms with Crippen LogP contribution in [0.3, 0.4) is 0 Å². The fourth-order valence-electron chi connectivity index (χ4n) is 1.31. The zero-order valence-electron chi connectivity index (χ0n) is 8.97. The number of rotatable bonds is 2. The molecule has 1 aromatic rings. The summed E-state index contributed by atoms with van der Waals surface area (Å²) in [5, 5.41) is 0. The lowest BCUT2D eigenvalue weighted by Crippen LogP contribution is -2.34. The molecule has 1 aliphatic rings. The van der Waals surface area contributed by atoms with E-state index in [0.717, 1.165) is 5.56 Å². The summed E-state index contributed by atoms with van der Waals surface area (Å²) in [6.07, 6.45) is 0. The second-order valence-electron chi connectivity index (χ2n) is 3.42. The highest BCUT2D eigenvalue weighted by atomic mass is 17.2. The van der Waals surface area contributed by atoms with Crippen molar-refractivity contribution in [3.05, 3.63) is 35.9 Å². The van der Waals surface area contributed by atoms with Crippen molar-refractivity contribution in [1.82, 2.24) is 0 Å². The molecule has 0 fully saturated rings. The lowest BCUT2D eigenvalue weighted by molar-refractivity contribution is -0.273. The first kappa shape index (κ1) is 10.6. The number of aliphatic imine (C=N–C) groups is 1. The monoisotopic (exact) mass is 221 g/mol. The minimum Gasteiger partial charge on any atom is -0.465 e. The number of hydrogen-bond acceptors (Lipinski definition) is 5. The van der Waals surface area contributed by atoms with Gasteiger partial charge in [0.15, 0.2) is 0 Å². The van der Waals surface area contributed by atoms with Crippen LogP contribution < -0.4 is 0 Å². The van der Waals surface area contributed by atoms with Gasteiger partial charge in [-0.05, 0) is 12.1 Å². The SMILES string of the molecule is COC(=O)C1(C)N=C(c2ccccc2)OO1. The number of ether oxygens (including phenoxy) is 1. The number of benzene rings is 1. The van der Waals surface area contributed by atoms with Crippen molar-refractivity contribution in [3.8, 4) is 0 Å². The van der Waals surface area contributed by atoms with E-state index >= 15 is 0 Å². The van der Waals surface area contributed by atoms with E-state index in [4.69, 9.17) is 9.78 Å². The fourth-order valence-corrected chi connectivity index (χ4v) is 1.31. The van der Waals surface area contributed by atoms with E-state index in [9.17, 15) is 4.79 Å². The second-order valence-corrected chi connectivity index (χ2v) is 3.42. The molecule has 0 aromatic heterocycles. The predicted molar refractivity (Wildman–Crippen MR) is 55.6 cm³/mol. The lowest BCUT2D eigenvalue weighted by atomic mass is 10.2. The van der Waals surface area contributed by atoms with Gasteiger partial charge in [-0.15, -0.1) is 4.89 Å². The van der Waals surface area contributed by atoms with Gasteiger partial charge in [0.2, 0.25) is 0 Å². The van der Waals surface area contributed by atoms with Crippen molar-refractivity contribution in [2.45, 2.75) is 12.6 Å². The Bertz CT molecular complexity index is 429. The van der Waals surface area contributed by atoms with E-state index in [0.29, 0.717) is 0 Å². The largest absolute Gasteiger partial charge is 0.465 e. The molecule has 1 atom stereocenters. The first-order valence-electron chi connectivity index (χ1n) is 4.75. The molecule has 0 spiro atoms. The van der Waals surface area contributed by atoms with Crippen LogP contribution >= 0.6 is 0 Å². The summed E-state index contributed by atoms with van der Waals surface area (Å²) in [6, 6.07) is 9.18. The molecule has 0 saturated heterocycles. The van der Waals surface area contributed by atoms with Gasteiger partial charge in [0, 0.05) is 12.5 Å². The van der Waals surface area contributed by atoms with Gasteiger partial charge < -0.3 is 9.62 Å². The molecule has 16 heavy (non-hydrogen) atoms. The van der Waals surface area contributed by atoms with Gasteiger partial charge in [0.25, 0.3) is 5.90 Å². The molecule has 0 bridgehead atoms. The topological polar surface area (TPSA) is 57.1 Å². The summed E-state index contributed by atoms with van der Waals surface area (Å²) < 4.78 is 4.57. The number of carbonyl (C=O) groups is 1. The van der Waals surface area contributed by atoms with Crippen molar-refractivity contribution in [2.24, 2.45) is 4.99 Å². The Labute approximate surface area is 92.6 Å². The molecule has 1 aliphatic heterocycles.